The van der Waals surface area contributed by atoms with Gasteiger partial charge in [0.15, 0.2) is 5.03 Å². The van der Waals surface area contributed by atoms with E-state index in [4.69, 9.17) is 4.18 Å². The summed E-state index contributed by atoms with van der Waals surface area (Å²) in [7, 11) is -3.68. The van der Waals surface area contributed by atoms with Crippen LogP contribution in [0.3, 0.4) is 0 Å². The van der Waals surface area contributed by atoms with Crippen molar-refractivity contribution in [1.29, 1.82) is 0 Å². The molecule has 0 spiro atoms. The second kappa shape index (κ2) is 4.07. The van der Waals surface area contributed by atoms with Crippen LogP contribution < -0.4 is 0 Å². The van der Waals surface area contributed by atoms with Gasteiger partial charge in [-0.1, -0.05) is 6.07 Å². The molecule has 1 aromatic heterocycles. The van der Waals surface area contributed by atoms with Gasteiger partial charge < -0.3 is 0 Å². The average molecular weight is 253 g/mol. The van der Waals surface area contributed by atoms with Crippen LogP contribution in [-0.4, -0.2) is 19.5 Å². The molecule has 17 heavy (non-hydrogen) atoms. The molecule has 5 heteroatoms. The maximum Gasteiger partial charge on any atom is 0.314 e. The minimum absolute atomic E-state index is 0.0165. The normalized spacial score (nSPS) is 31.9. The molecule has 1 heterocycles. The third-order valence-electron chi connectivity index (χ3n) is 3.82. The van der Waals surface area contributed by atoms with Gasteiger partial charge in [-0.3, -0.25) is 4.18 Å². The van der Waals surface area contributed by atoms with E-state index < -0.39 is 10.1 Å². The minimum atomic E-state index is -3.68. The summed E-state index contributed by atoms with van der Waals surface area (Å²) in [6.07, 6.45) is 5.69. The van der Waals surface area contributed by atoms with Crippen molar-refractivity contribution in [3.8, 4) is 0 Å². The molecule has 2 bridgehead atoms. The lowest BCUT2D eigenvalue weighted by molar-refractivity contribution is 0.145. The summed E-state index contributed by atoms with van der Waals surface area (Å²) < 4.78 is 29.3. The molecule has 2 aliphatic rings. The quantitative estimate of drug-likeness (QED) is 0.773. The Hall–Kier alpha value is -0.940. The highest BCUT2D eigenvalue weighted by molar-refractivity contribution is 7.86. The summed E-state index contributed by atoms with van der Waals surface area (Å²) in [6, 6.07) is 4.82. The monoisotopic (exact) mass is 253 g/mol. The van der Waals surface area contributed by atoms with Crippen molar-refractivity contribution < 1.29 is 12.6 Å². The molecular weight excluding hydrogens is 238 g/mol. The van der Waals surface area contributed by atoms with E-state index in [1.807, 2.05) is 0 Å². The number of pyridine rings is 1. The Morgan fingerprint density at radius 1 is 1.24 bits per heavy atom. The third-order valence-corrected chi connectivity index (χ3v) is 5.07. The van der Waals surface area contributed by atoms with Gasteiger partial charge >= 0.3 is 10.1 Å². The zero-order valence-corrected chi connectivity index (χ0v) is 10.3. The zero-order chi connectivity index (χ0) is 11.9. The SMILES string of the molecule is O=S(=O)(OC1CC2CCC1C2)c1ccccn1. The van der Waals surface area contributed by atoms with Crippen LogP contribution in [0.5, 0.6) is 0 Å². The lowest BCUT2D eigenvalue weighted by Crippen LogP contribution is -2.24. The van der Waals surface area contributed by atoms with Gasteiger partial charge in [0.1, 0.15) is 0 Å². The van der Waals surface area contributed by atoms with Gasteiger partial charge in [-0.25, -0.2) is 4.98 Å². The molecule has 3 unspecified atom stereocenters. The van der Waals surface area contributed by atoms with Crippen molar-refractivity contribution in [2.75, 3.05) is 0 Å². The van der Waals surface area contributed by atoms with Crippen LogP contribution >= 0.6 is 0 Å². The summed E-state index contributed by atoms with van der Waals surface area (Å²) in [5.41, 5.74) is 0. The third kappa shape index (κ3) is 2.09. The van der Waals surface area contributed by atoms with E-state index in [9.17, 15) is 8.42 Å². The van der Waals surface area contributed by atoms with E-state index >= 15 is 0 Å². The molecule has 2 aliphatic carbocycles. The molecule has 3 rings (SSSR count). The predicted octanol–water partition coefficient (Wildman–Crippen LogP) is 1.98. The molecule has 4 nitrogen and oxygen atoms in total. The maximum absolute atomic E-state index is 12.0. The fourth-order valence-electron chi connectivity index (χ4n) is 3.01. The minimum Gasteiger partial charge on any atom is -0.262 e. The molecule has 0 N–H and O–H groups in total. The summed E-state index contributed by atoms with van der Waals surface area (Å²) in [5, 5.41) is 0.0165. The average Bonchev–Trinajstić information content (AvgIpc) is 2.91. The molecule has 3 atom stereocenters. The summed E-state index contributed by atoms with van der Waals surface area (Å²) in [5.74, 6) is 1.10. The van der Waals surface area contributed by atoms with Crippen LogP contribution in [0.25, 0.3) is 0 Å². The van der Waals surface area contributed by atoms with Crippen molar-refractivity contribution in [3.63, 3.8) is 0 Å². The first-order chi connectivity index (χ1) is 8.15. The Morgan fingerprint density at radius 3 is 2.71 bits per heavy atom. The first-order valence-corrected chi connectivity index (χ1v) is 7.40. The van der Waals surface area contributed by atoms with Gasteiger partial charge in [0.05, 0.1) is 6.10 Å². The molecule has 2 saturated carbocycles. The van der Waals surface area contributed by atoms with E-state index in [-0.39, 0.29) is 11.1 Å². The number of nitrogens with zero attached hydrogens (tertiary/aromatic N) is 1. The number of aromatic nitrogens is 1. The number of rotatable bonds is 3. The molecule has 0 radical (unpaired) electrons. The van der Waals surface area contributed by atoms with E-state index in [0.717, 1.165) is 19.3 Å². The fraction of sp³-hybridized carbons (Fsp3) is 0.583. The Kier molecular flexibility index (Phi) is 2.67. The van der Waals surface area contributed by atoms with Crippen molar-refractivity contribution in [2.24, 2.45) is 11.8 Å². The van der Waals surface area contributed by atoms with Crippen molar-refractivity contribution >= 4 is 10.1 Å². The largest absolute Gasteiger partial charge is 0.314 e. The fourth-order valence-corrected chi connectivity index (χ4v) is 4.11. The standard InChI is InChI=1S/C12H15NO3S/c14-17(15,12-3-1-2-6-13-12)16-11-8-9-4-5-10(11)7-9/h1-3,6,9-11H,4-5,7-8H2. The lowest BCUT2D eigenvalue weighted by atomic mass is 9.98. The molecular formula is C12H15NO3S. The topological polar surface area (TPSA) is 56.3 Å². The molecule has 0 saturated heterocycles. The Labute approximate surface area is 101 Å². The van der Waals surface area contributed by atoms with Crippen LogP contribution in [0.15, 0.2) is 29.4 Å². The first kappa shape index (κ1) is 11.2. The molecule has 0 aromatic carbocycles. The molecule has 1 aromatic rings. The highest BCUT2D eigenvalue weighted by atomic mass is 32.2. The van der Waals surface area contributed by atoms with Gasteiger partial charge in [0.25, 0.3) is 0 Å². The van der Waals surface area contributed by atoms with E-state index in [1.165, 1.54) is 18.7 Å². The van der Waals surface area contributed by atoms with E-state index in [1.54, 1.807) is 12.1 Å². The van der Waals surface area contributed by atoms with E-state index in [2.05, 4.69) is 4.98 Å². The van der Waals surface area contributed by atoms with E-state index in [0.29, 0.717) is 11.8 Å². The second-order valence-electron chi connectivity index (χ2n) is 4.93. The van der Waals surface area contributed by atoms with Crippen LogP contribution in [0.4, 0.5) is 0 Å². The van der Waals surface area contributed by atoms with Crippen molar-refractivity contribution in [3.05, 3.63) is 24.4 Å². The smallest absolute Gasteiger partial charge is 0.262 e. The van der Waals surface area contributed by atoms with Gasteiger partial charge in [-0.15, -0.1) is 0 Å². The highest BCUT2D eigenvalue weighted by Gasteiger charge is 2.42. The molecule has 0 amide bonds. The first-order valence-electron chi connectivity index (χ1n) is 5.99. The van der Waals surface area contributed by atoms with Crippen LogP contribution in [0, 0.1) is 11.8 Å². The van der Waals surface area contributed by atoms with Gasteiger partial charge in [-0.05, 0) is 49.7 Å². The molecule has 92 valence electrons. The van der Waals surface area contributed by atoms with Crippen molar-refractivity contribution in [1.82, 2.24) is 4.98 Å². The Morgan fingerprint density at radius 2 is 2.12 bits per heavy atom. The zero-order valence-electron chi connectivity index (χ0n) is 9.45. The van der Waals surface area contributed by atoms with Crippen LogP contribution in [0.1, 0.15) is 25.7 Å². The summed E-state index contributed by atoms with van der Waals surface area (Å²) >= 11 is 0. The number of hydrogen-bond donors (Lipinski definition) is 0. The molecule has 2 fully saturated rings. The predicted molar refractivity (Wildman–Crippen MR) is 61.7 cm³/mol. The highest BCUT2D eigenvalue weighted by Crippen LogP contribution is 2.46. The van der Waals surface area contributed by atoms with Gasteiger partial charge in [0, 0.05) is 6.20 Å². The van der Waals surface area contributed by atoms with Crippen LogP contribution in [0.2, 0.25) is 0 Å². The number of fused-ring (bicyclic) bond motifs is 2. The number of hydrogen-bond acceptors (Lipinski definition) is 4. The van der Waals surface area contributed by atoms with Gasteiger partial charge in [-0.2, -0.15) is 8.42 Å². The maximum atomic E-state index is 12.0. The second-order valence-corrected chi connectivity index (χ2v) is 6.45. The molecule has 0 aliphatic heterocycles. The summed E-state index contributed by atoms with van der Waals surface area (Å²) in [6.45, 7) is 0. The Bertz CT molecular complexity index is 500. The van der Waals surface area contributed by atoms with Crippen LogP contribution in [-0.2, 0) is 14.3 Å². The summed E-state index contributed by atoms with van der Waals surface area (Å²) in [4.78, 5) is 3.84. The van der Waals surface area contributed by atoms with Gasteiger partial charge in [0.2, 0.25) is 0 Å². The Balaban J connectivity index is 1.77. The lowest BCUT2D eigenvalue weighted by Gasteiger charge is -2.21. The van der Waals surface area contributed by atoms with Crippen molar-refractivity contribution in [2.45, 2.75) is 36.8 Å².